The Labute approximate surface area is 106 Å². The lowest BCUT2D eigenvalue weighted by atomic mass is 10.1. The number of allylic oxidation sites excluding steroid dienone is 2. The summed E-state index contributed by atoms with van der Waals surface area (Å²) < 4.78 is 24.8. The van der Waals surface area contributed by atoms with E-state index >= 15 is 0 Å². The first kappa shape index (κ1) is 11.3. The third-order valence-corrected chi connectivity index (χ3v) is 5.24. The highest BCUT2D eigenvalue weighted by molar-refractivity contribution is 7.95. The normalized spacial score (nSPS) is 20.9. The Morgan fingerprint density at radius 1 is 1.22 bits per heavy atom. The maximum Gasteiger partial charge on any atom is 0.220 e. The van der Waals surface area contributed by atoms with E-state index in [0.29, 0.717) is 17.8 Å². The summed E-state index contributed by atoms with van der Waals surface area (Å²) in [6, 6.07) is 8.80. The van der Waals surface area contributed by atoms with Gasteiger partial charge in [0, 0.05) is 12.2 Å². The summed E-state index contributed by atoms with van der Waals surface area (Å²) in [6.45, 7) is 0.785. The van der Waals surface area contributed by atoms with Crippen LogP contribution in [-0.2, 0) is 9.84 Å². The molecule has 2 heterocycles. The van der Waals surface area contributed by atoms with Gasteiger partial charge in [-0.2, -0.15) is 5.26 Å². The van der Waals surface area contributed by atoms with Gasteiger partial charge in [0.05, 0.1) is 10.6 Å². The summed E-state index contributed by atoms with van der Waals surface area (Å²) in [7, 11) is -3.63. The minimum Gasteiger partial charge on any atom is -0.342 e. The second-order valence-corrected chi connectivity index (χ2v) is 6.32. The Bertz CT molecular complexity index is 683. The van der Waals surface area contributed by atoms with Crippen molar-refractivity contribution in [2.24, 2.45) is 0 Å². The highest BCUT2D eigenvalue weighted by atomic mass is 32.2. The van der Waals surface area contributed by atoms with Crippen LogP contribution in [0.5, 0.6) is 0 Å². The lowest BCUT2D eigenvalue weighted by molar-refractivity contribution is 0.590. The van der Waals surface area contributed by atoms with E-state index in [1.165, 1.54) is 0 Å². The van der Waals surface area contributed by atoms with E-state index < -0.39 is 9.84 Å². The van der Waals surface area contributed by atoms with E-state index in [1.54, 1.807) is 12.1 Å². The number of nitrogens with zero attached hydrogens (tertiary/aromatic N) is 2. The first-order chi connectivity index (χ1) is 8.66. The number of benzene rings is 1. The molecule has 0 bridgehead atoms. The molecule has 92 valence electrons. The van der Waals surface area contributed by atoms with Crippen molar-refractivity contribution in [2.45, 2.75) is 24.2 Å². The summed E-state index contributed by atoms with van der Waals surface area (Å²) in [4.78, 5) is 2.17. The van der Waals surface area contributed by atoms with Gasteiger partial charge >= 0.3 is 0 Å². The number of nitriles is 1. The first-order valence-corrected chi connectivity index (χ1v) is 7.39. The molecule has 2 aliphatic heterocycles. The number of sulfone groups is 1. The quantitative estimate of drug-likeness (QED) is 0.717. The molecular weight excluding hydrogens is 248 g/mol. The van der Waals surface area contributed by atoms with Gasteiger partial charge in [-0.3, -0.25) is 0 Å². The SMILES string of the molecule is N#CC1=C2CCCCN2c2ccccc2S1(=O)=O. The predicted octanol–water partition coefficient (Wildman–Crippen LogP) is 2.20. The molecular formula is C13H12N2O2S. The van der Waals surface area contributed by atoms with E-state index in [0.717, 1.165) is 19.4 Å². The zero-order chi connectivity index (χ0) is 12.8. The van der Waals surface area contributed by atoms with Gasteiger partial charge < -0.3 is 4.90 Å². The third kappa shape index (κ3) is 1.39. The summed E-state index contributed by atoms with van der Waals surface area (Å²) in [5.41, 5.74) is 1.38. The zero-order valence-electron chi connectivity index (χ0n) is 9.76. The van der Waals surface area contributed by atoms with Crippen molar-refractivity contribution in [3.63, 3.8) is 0 Å². The highest BCUT2D eigenvalue weighted by Gasteiger charge is 2.37. The Morgan fingerprint density at radius 2 is 2.00 bits per heavy atom. The number of para-hydroxylation sites is 1. The number of hydrogen-bond acceptors (Lipinski definition) is 4. The molecule has 0 aliphatic carbocycles. The molecule has 0 aromatic heterocycles. The summed E-state index contributed by atoms with van der Waals surface area (Å²) >= 11 is 0. The van der Waals surface area contributed by atoms with Gasteiger partial charge in [-0.05, 0) is 31.4 Å². The van der Waals surface area contributed by atoms with E-state index in [2.05, 4.69) is 0 Å². The van der Waals surface area contributed by atoms with Crippen LogP contribution >= 0.6 is 0 Å². The van der Waals surface area contributed by atoms with Crippen molar-refractivity contribution >= 4 is 15.5 Å². The third-order valence-electron chi connectivity index (χ3n) is 3.45. The molecule has 3 rings (SSSR count). The summed E-state index contributed by atoms with van der Waals surface area (Å²) in [6.07, 6.45) is 2.63. The van der Waals surface area contributed by atoms with Crippen LogP contribution in [0.1, 0.15) is 19.3 Å². The van der Waals surface area contributed by atoms with E-state index in [9.17, 15) is 13.7 Å². The molecule has 18 heavy (non-hydrogen) atoms. The fourth-order valence-corrected chi connectivity index (χ4v) is 4.21. The van der Waals surface area contributed by atoms with Gasteiger partial charge in [-0.25, -0.2) is 8.42 Å². The van der Waals surface area contributed by atoms with Crippen LogP contribution in [0.4, 0.5) is 5.69 Å². The van der Waals surface area contributed by atoms with Crippen LogP contribution in [0.2, 0.25) is 0 Å². The molecule has 2 aliphatic rings. The van der Waals surface area contributed by atoms with Crippen molar-refractivity contribution in [3.05, 3.63) is 34.9 Å². The van der Waals surface area contributed by atoms with E-state index in [4.69, 9.17) is 0 Å². The maximum absolute atomic E-state index is 12.4. The summed E-state index contributed by atoms with van der Waals surface area (Å²) in [5, 5.41) is 9.18. The molecule has 0 spiro atoms. The van der Waals surface area contributed by atoms with Gasteiger partial charge in [0.25, 0.3) is 0 Å². The molecule has 5 heteroatoms. The fourth-order valence-electron chi connectivity index (χ4n) is 2.63. The van der Waals surface area contributed by atoms with Crippen LogP contribution in [0.15, 0.2) is 39.8 Å². The van der Waals surface area contributed by atoms with Gasteiger partial charge in [-0.1, -0.05) is 12.1 Å². The Balaban J connectivity index is 2.34. The van der Waals surface area contributed by atoms with Crippen LogP contribution in [-0.4, -0.2) is 15.0 Å². The number of piperidine rings is 1. The maximum atomic E-state index is 12.4. The second-order valence-electron chi connectivity index (χ2n) is 4.47. The van der Waals surface area contributed by atoms with Crippen LogP contribution < -0.4 is 4.90 Å². The molecule has 0 atom stereocenters. The smallest absolute Gasteiger partial charge is 0.220 e. The van der Waals surface area contributed by atoms with E-state index in [1.807, 2.05) is 23.1 Å². The van der Waals surface area contributed by atoms with Crippen LogP contribution in [0.3, 0.4) is 0 Å². The van der Waals surface area contributed by atoms with Crippen molar-refractivity contribution in [1.29, 1.82) is 5.26 Å². The largest absolute Gasteiger partial charge is 0.342 e. The molecule has 1 aromatic carbocycles. The minimum atomic E-state index is -3.63. The lowest BCUT2D eigenvalue weighted by Crippen LogP contribution is -2.34. The van der Waals surface area contributed by atoms with Crippen LogP contribution in [0, 0.1) is 11.3 Å². The van der Waals surface area contributed by atoms with E-state index in [-0.39, 0.29) is 9.80 Å². The average Bonchev–Trinajstić information content (AvgIpc) is 2.39. The molecule has 1 saturated heterocycles. The molecule has 0 amide bonds. The molecule has 0 N–H and O–H groups in total. The Kier molecular flexibility index (Phi) is 2.42. The van der Waals surface area contributed by atoms with Gasteiger partial charge in [0.2, 0.25) is 9.84 Å². The van der Waals surface area contributed by atoms with Crippen molar-refractivity contribution in [2.75, 3.05) is 11.4 Å². The number of anilines is 1. The van der Waals surface area contributed by atoms with Crippen molar-refractivity contribution in [3.8, 4) is 6.07 Å². The minimum absolute atomic E-state index is 0.0686. The molecule has 1 fully saturated rings. The number of rotatable bonds is 0. The highest BCUT2D eigenvalue weighted by Crippen LogP contribution is 2.41. The zero-order valence-corrected chi connectivity index (χ0v) is 10.6. The Hall–Kier alpha value is -1.80. The first-order valence-electron chi connectivity index (χ1n) is 5.91. The standard InChI is InChI=1S/C13H12N2O2S/c14-9-13-11-6-3-4-8-15(11)10-5-1-2-7-12(10)18(13,16)17/h1-2,5,7H,3-4,6,8H2. The van der Waals surface area contributed by atoms with Crippen molar-refractivity contribution in [1.82, 2.24) is 0 Å². The molecule has 4 nitrogen and oxygen atoms in total. The topological polar surface area (TPSA) is 61.2 Å². The predicted molar refractivity (Wildman–Crippen MR) is 67.5 cm³/mol. The average molecular weight is 260 g/mol. The lowest BCUT2D eigenvalue weighted by Gasteiger charge is -2.36. The van der Waals surface area contributed by atoms with Gasteiger partial charge in [0.15, 0.2) is 4.91 Å². The second kappa shape index (κ2) is 3.85. The van der Waals surface area contributed by atoms with Crippen LogP contribution in [0.25, 0.3) is 0 Å². The summed E-state index contributed by atoms with van der Waals surface area (Å²) in [5.74, 6) is 0. The molecule has 1 aromatic rings. The molecule has 0 unspecified atom stereocenters. The Morgan fingerprint density at radius 3 is 2.78 bits per heavy atom. The number of fused-ring (bicyclic) bond motifs is 3. The number of hydrogen-bond donors (Lipinski definition) is 0. The fraction of sp³-hybridized carbons (Fsp3) is 0.308. The van der Waals surface area contributed by atoms with Gasteiger partial charge in [-0.15, -0.1) is 0 Å². The van der Waals surface area contributed by atoms with Gasteiger partial charge in [0.1, 0.15) is 6.07 Å². The monoisotopic (exact) mass is 260 g/mol. The molecule has 0 saturated carbocycles. The molecule has 0 radical (unpaired) electrons. The van der Waals surface area contributed by atoms with Crippen molar-refractivity contribution < 1.29 is 8.42 Å².